The summed E-state index contributed by atoms with van der Waals surface area (Å²) in [4.78, 5) is 5.80. The van der Waals surface area contributed by atoms with Crippen LogP contribution in [0.2, 0.25) is 0 Å². The van der Waals surface area contributed by atoms with Gasteiger partial charge < -0.3 is 4.74 Å². The summed E-state index contributed by atoms with van der Waals surface area (Å²) < 4.78 is 5.75. The lowest BCUT2D eigenvalue weighted by Crippen LogP contribution is -2.37. The summed E-state index contributed by atoms with van der Waals surface area (Å²) >= 11 is 0. The Morgan fingerprint density at radius 2 is 2.17 bits per heavy atom. The van der Waals surface area contributed by atoms with Gasteiger partial charge in [-0.25, -0.2) is 0 Å². The summed E-state index contributed by atoms with van der Waals surface area (Å²) in [5, 5.41) is 2.15. The Morgan fingerprint density at radius 1 is 1.17 bits per heavy atom. The molecule has 0 aromatic carbocycles. The van der Waals surface area contributed by atoms with Crippen LogP contribution in [-0.4, -0.2) is 36.5 Å². The third kappa shape index (κ3) is 0.934. The van der Waals surface area contributed by atoms with Gasteiger partial charge in [-0.3, -0.25) is 4.84 Å². The maximum atomic E-state index is 5.80. The molecule has 0 radical (unpaired) electrons. The Kier molecular flexibility index (Phi) is 1.63. The van der Waals surface area contributed by atoms with Gasteiger partial charge in [-0.15, -0.1) is 0 Å². The van der Waals surface area contributed by atoms with Gasteiger partial charge in [0.15, 0.2) is 0 Å². The van der Waals surface area contributed by atoms with Gasteiger partial charge in [0.05, 0.1) is 6.04 Å². The maximum Gasteiger partial charge on any atom is 0.107 e. The minimum atomic E-state index is 0.379. The molecule has 3 fully saturated rings. The predicted octanol–water partition coefficient (Wildman–Crippen LogP) is 0.944. The lowest BCUT2D eigenvalue weighted by atomic mass is 9.99. The summed E-state index contributed by atoms with van der Waals surface area (Å²) in [7, 11) is 0. The number of hydrogen-bond donors (Lipinski definition) is 0. The number of rotatable bonds is 0. The van der Waals surface area contributed by atoms with Crippen molar-refractivity contribution in [1.82, 2.24) is 5.06 Å². The Morgan fingerprint density at radius 3 is 3.17 bits per heavy atom. The van der Waals surface area contributed by atoms with Gasteiger partial charge in [-0.1, -0.05) is 0 Å². The zero-order chi connectivity index (χ0) is 7.97. The lowest BCUT2D eigenvalue weighted by molar-refractivity contribution is -0.158. The molecule has 3 aliphatic heterocycles. The molecule has 12 heavy (non-hydrogen) atoms. The Labute approximate surface area is 72.6 Å². The molecular formula is C9H15NO2. The normalized spacial score (nSPS) is 47.5. The van der Waals surface area contributed by atoms with Gasteiger partial charge in [0.1, 0.15) is 12.2 Å². The molecule has 3 atom stereocenters. The molecule has 3 aliphatic rings. The molecule has 0 amide bonds. The van der Waals surface area contributed by atoms with Crippen molar-refractivity contribution in [3.8, 4) is 0 Å². The van der Waals surface area contributed by atoms with E-state index < -0.39 is 0 Å². The summed E-state index contributed by atoms with van der Waals surface area (Å²) in [6.45, 7) is 2.05. The highest BCUT2D eigenvalue weighted by atomic mass is 16.7. The molecular weight excluding hydrogens is 154 g/mol. The molecule has 68 valence electrons. The van der Waals surface area contributed by atoms with Crippen LogP contribution in [0.5, 0.6) is 0 Å². The second-order valence-electron chi connectivity index (χ2n) is 3.97. The van der Waals surface area contributed by atoms with Crippen LogP contribution in [0.4, 0.5) is 0 Å². The number of ether oxygens (including phenoxy) is 1. The van der Waals surface area contributed by atoms with Crippen LogP contribution < -0.4 is 0 Å². The molecule has 0 aliphatic carbocycles. The van der Waals surface area contributed by atoms with Crippen LogP contribution in [0.3, 0.4) is 0 Å². The monoisotopic (exact) mass is 169 g/mol. The average molecular weight is 169 g/mol. The van der Waals surface area contributed by atoms with Gasteiger partial charge in [0.25, 0.3) is 0 Å². The van der Waals surface area contributed by atoms with Crippen molar-refractivity contribution in [3.05, 3.63) is 0 Å². The van der Waals surface area contributed by atoms with Gasteiger partial charge >= 0.3 is 0 Å². The van der Waals surface area contributed by atoms with E-state index in [1.54, 1.807) is 0 Å². The molecule has 0 aromatic rings. The SMILES string of the molecule is C1CO[C@@H]2[C@H]3CCCN3O[C@@H]2C1. The molecule has 3 heterocycles. The molecule has 3 nitrogen and oxygen atoms in total. The summed E-state index contributed by atoms with van der Waals surface area (Å²) in [6, 6.07) is 0.579. The topological polar surface area (TPSA) is 21.7 Å². The third-order valence-corrected chi connectivity index (χ3v) is 3.21. The highest BCUT2D eigenvalue weighted by molar-refractivity contribution is 4.93. The Hall–Kier alpha value is -0.120. The first-order valence-electron chi connectivity index (χ1n) is 5.00. The summed E-state index contributed by atoms with van der Waals surface area (Å²) in [6.07, 6.45) is 5.67. The van der Waals surface area contributed by atoms with Crippen LogP contribution in [0.25, 0.3) is 0 Å². The van der Waals surface area contributed by atoms with Crippen molar-refractivity contribution in [1.29, 1.82) is 0 Å². The molecule has 0 N–H and O–H groups in total. The van der Waals surface area contributed by atoms with E-state index in [1.807, 2.05) is 0 Å². The molecule has 0 unspecified atom stereocenters. The smallest absolute Gasteiger partial charge is 0.107 e. The van der Waals surface area contributed by atoms with Crippen LogP contribution in [-0.2, 0) is 9.57 Å². The van der Waals surface area contributed by atoms with Gasteiger partial charge in [0.2, 0.25) is 0 Å². The number of fused-ring (bicyclic) bond motifs is 3. The quantitative estimate of drug-likeness (QED) is 0.538. The average Bonchev–Trinajstić information content (AvgIpc) is 2.62. The Balaban J connectivity index is 1.79. The van der Waals surface area contributed by atoms with Crippen molar-refractivity contribution in [3.63, 3.8) is 0 Å². The minimum Gasteiger partial charge on any atom is -0.374 e. The van der Waals surface area contributed by atoms with E-state index in [2.05, 4.69) is 5.06 Å². The summed E-state index contributed by atoms with van der Waals surface area (Å²) in [5.41, 5.74) is 0. The molecule has 3 heteroatoms. The van der Waals surface area contributed by atoms with Crippen molar-refractivity contribution in [2.75, 3.05) is 13.2 Å². The fourth-order valence-corrected chi connectivity index (χ4v) is 2.65. The van der Waals surface area contributed by atoms with Crippen molar-refractivity contribution in [2.45, 2.75) is 43.9 Å². The molecule has 0 spiro atoms. The second-order valence-corrected chi connectivity index (χ2v) is 3.97. The fraction of sp³-hybridized carbons (Fsp3) is 1.00. The second kappa shape index (κ2) is 2.69. The lowest BCUT2D eigenvalue weighted by Gasteiger charge is -2.25. The number of nitrogens with zero attached hydrogens (tertiary/aromatic N) is 1. The highest BCUT2D eigenvalue weighted by Crippen LogP contribution is 2.36. The van der Waals surface area contributed by atoms with Crippen LogP contribution in [0, 0.1) is 0 Å². The molecule has 3 rings (SSSR count). The van der Waals surface area contributed by atoms with E-state index in [0.29, 0.717) is 18.2 Å². The van der Waals surface area contributed by atoms with Crippen molar-refractivity contribution < 1.29 is 9.57 Å². The van der Waals surface area contributed by atoms with E-state index in [0.717, 1.165) is 13.2 Å². The van der Waals surface area contributed by atoms with E-state index >= 15 is 0 Å². The fourth-order valence-electron chi connectivity index (χ4n) is 2.65. The molecule has 0 bridgehead atoms. The minimum absolute atomic E-state index is 0.379. The van der Waals surface area contributed by atoms with Crippen LogP contribution >= 0.6 is 0 Å². The van der Waals surface area contributed by atoms with Gasteiger partial charge in [0, 0.05) is 13.2 Å². The van der Waals surface area contributed by atoms with E-state index in [4.69, 9.17) is 9.57 Å². The first-order valence-corrected chi connectivity index (χ1v) is 5.00. The number of hydrogen-bond acceptors (Lipinski definition) is 3. The van der Waals surface area contributed by atoms with Crippen molar-refractivity contribution >= 4 is 0 Å². The van der Waals surface area contributed by atoms with Gasteiger partial charge in [-0.05, 0) is 25.7 Å². The van der Waals surface area contributed by atoms with E-state index in [9.17, 15) is 0 Å². The first kappa shape index (κ1) is 7.30. The highest BCUT2D eigenvalue weighted by Gasteiger charge is 2.47. The Bertz CT molecular complexity index is 185. The zero-order valence-corrected chi connectivity index (χ0v) is 7.24. The maximum absolute atomic E-state index is 5.80. The van der Waals surface area contributed by atoms with Gasteiger partial charge in [-0.2, -0.15) is 5.06 Å². The molecule has 3 saturated heterocycles. The third-order valence-electron chi connectivity index (χ3n) is 3.21. The largest absolute Gasteiger partial charge is 0.374 e. The van der Waals surface area contributed by atoms with Crippen LogP contribution in [0.1, 0.15) is 25.7 Å². The standard InChI is InChI=1S/C9H15NO2/c1-3-7-9-8(4-2-6-11-9)12-10(7)5-1/h7-9H,1-6H2/t7-,8-,9-/m1/s1. The first-order chi connectivity index (χ1) is 5.95. The van der Waals surface area contributed by atoms with E-state index in [1.165, 1.54) is 25.7 Å². The molecule has 0 aromatic heterocycles. The number of hydroxylamine groups is 2. The predicted molar refractivity (Wildman–Crippen MR) is 43.6 cm³/mol. The summed E-state index contributed by atoms with van der Waals surface area (Å²) in [5.74, 6) is 0. The van der Waals surface area contributed by atoms with E-state index in [-0.39, 0.29) is 0 Å². The van der Waals surface area contributed by atoms with Crippen LogP contribution in [0.15, 0.2) is 0 Å². The zero-order valence-electron chi connectivity index (χ0n) is 7.24. The van der Waals surface area contributed by atoms with Crippen molar-refractivity contribution in [2.24, 2.45) is 0 Å². The molecule has 0 saturated carbocycles.